The summed E-state index contributed by atoms with van der Waals surface area (Å²) in [5, 5.41) is 13.5. The number of rotatable bonds is 4. The summed E-state index contributed by atoms with van der Waals surface area (Å²) in [4.78, 5) is 24.7. The molecule has 3 aromatic rings. The maximum atomic E-state index is 12.4. The number of halogens is 2. The minimum Gasteiger partial charge on any atom is -0.382 e. The van der Waals surface area contributed by atoms with Crippen molar-refractivity contribution in [3.63, 3.8) is 0 Å². The number of nitrogens with one attached hydrogen (secondary N) is 1. The first-order valence-corrected chi connectivity index (χ1v) is 8.32. The average molecular weight is 395 g/mol. The number of anilines is 1. The van der Waals surface area contributed by atoms with Gasteiger partial charge in [0.25, 0.3) is 6.20 Å². The van der Waals surface area contributed by atoms with Crippen molar-refractivity contribution in [3.05, 3.63) is 80.8 Å². The normalized spacial score (nSPS) is 12.0. The molecule has 0 fully saturated rings. The van der Waals surface area contributed by atoms with E-state index in [1.165, 1.54) is 16.8 Å². The Labute approximate surface area is 157 Å². The number of amides is 1. The van der Waals surface area contributed by atoms with E-state index in [1.54, 1.807) is 30.3 Å². The predicted octanol–water partition coefficient (Wildman–Crippen LogP) is 2.85. The molecule has 0 saturated carbocycles. The summed E-state index contributed by atoms with van der Waals surface area (Å²) in [6, 6.07) is 12.7. The van der Waals surface area contributed by atoms with Crippen LogP contribution in [0.2, 0.25) is 10.0 Å². The summed E-state index contributed by atoms with van der Waals surface area (Å²) in [6.45, 7) is -0.0510. The summed E-state index contributed by atoms with van der Waals surface area (Å²) in [6.07, 6.45) is 0.155. The van der Waals surface area contributed by atoms with Crippen LogP contribution in [0.15, 0.2) is 64.0 Å². The summed E-state index contributed by atoms with van der Waals surface area (Å²) in [7, 11) is 0. The molecule has 3 rings (SSSR count). The molecule has 9 heteroatoms. The van der Waals surface area contributed by atoms with E-state index in [4.69, 9.17) is 27.7 Å². The molecule has 1 heterocycles. The summed E-state index contributed by atoms with van der Waals surface area (Å²) < 4.78 is 6.07. The standard InChI is InChI=1S/C17H13Cl2N3O4/c18-13-7-6-12(8-14(13)19)20-17(25)22-21(10-16(24)26-22)9-15(23)11-4-2-1-3-5-11/h1-8,10,15,23H,9H2/p+1. The molecule has 134 valence electrons. The Balaban J connectivity index is 1.81. The van der Waals surface area contributed by atoms with E-state index in [-0.39, 0.29) is 11.6 Å². The molecule has 0 bridgehead atoms. The third-order valence-corrected chi connectivity index (χ3v) is 4.29. The van der Waals surface area contributed by atoms with Gasteiger partial charge in [-0.2, -0.15) is 0 Å². The molecule has 7 nitrogen and oxygen atoms in total. The lowest BCUT2D eigenvalue weighted by Crippen LogP contribution is -2.48. The third kappa shape index (κ3) is 4.13. The van der Waals surface area contributed by atoms with Crippen molar-refractivity contribution >= 4 is 34.9 Å². The average Bonchev–Trinajstić information content (AvgIpc) is 2.99. The van der Waals surface area contributed by atoms with Gasteiger partial charge in [0.2, 0.25) is 6.54 Å². The molecule has 2 aromatic carbocycles. The largest absolute Gasteiger partial charge is 0.427 e. The van der Waals surface area contributed by atoms with E-state index in [0.717, 1.165) is 11.1 Å². The molecule has 2 N–H and O–H groups in total. The number of aliphatic hydroxyl groups is 1. The van der Waals surface area contributed by atoms with Crippen molar-refractivity contribution < 1.29 is 19.1 Å². The smallest absolute Gasteiger partial charge is 0.382 e. The highest BCUT2D eigenvalue weighted by Crippen LogP contribution is 2.25. The SMILES string of the molecule is O=C(Nc1ccc(Cl)c(Cl)c1)n1oc(=O)c[n+]1CC(O)c1ccccc1. The van der Waals surface area contributed by atoms with Gasteiger partial charge in [-0.1, -0.05) is 58.2 Å². The number of aliphatic hydroxyl groups excluding tert-OH is 1. The second kappa shape index (κ2) is 7.74. The number of hydrogen-bond acceptors (Lipinski definition) is 4. The topological polar surface area (TPSA) is 88.4 Å². The van der Waals surface area contributed by atoms with Crippen LogP contribution < -0.4 is 15.6 Å². The van der Waals surface area contributed by atoms with Crippen LogP contribution in [0.3, 0.4) is 0 Å². The highest BCUT2D eigenvalue weighted by molar-refractivity contribution is 6.42. The zero-order valence-electron chi connectivity index (χ0n) is 13.3. The lowest BCUT2D eigenvalue weighted by molar-refractivity contribution is -0.784. The highest BCUT2D eigenvalue weighted by Gasteiger charge is 2.25. The predicted molar refractivity (Wildman–Crippen MR) is 95.4 cm³/mol. The number of carbonyl (C=O) groups is 1. The molecule has 26 heavy (non-hydrogen) atoms. The van der Waals surface area contributed by atoms with Crippen molar-refractivity contribution in [2.75, 3.05) is 5.32 Å². The molecule has 0 aliphatic heterocycles. The van der Waals surface area contributed by atoms with E-state index in [1.807, 2.05) is 6.07 Å². The first kappa shape index (κ1) is 18.2. The van der Waals surface area contributed by atoms with Crippen molar-refractivity contribution in [1.82, 2.24) is 4.85 Å². The first-order valence-electron chi connectivity index (χ1n) is 7.56. The van der Waals surface area contributed by atoms with Gasteiger partial charge in [0.15, 0.2) is 0 Å². The molecule has 0 saturated heterocycles. The van der Waals surface area contributed by atoms with E-state index in [0.29, 0.717) is 16.3 Å². The Kier molecular flexibility index (Phi) is 5.41. The number of nitrogens with zero attached hydrogens (tertiary/aromatic N) is 2. The van der Waals surface area contributed by atoms with Gasteiger partial charge in [0, 0.05) is 5.69 Å². The Bertz CT molecular complexity index is 985. The minimum absolute atomic E-state index is 0.0510. The van der Waals surface area contributed by atoms with E-state index < -0.39 is 17.8 Å². The number of aromatic nitrogens is 2. The van der Waals surface area contributed by atoms with Crippen LogP contribution in [0.5, 0.6) is 0 Å². The van der Waals surface area contributed by atoms with Crippen LogP contribution in [0.25, 0.3) is 0 Å². The van der Waals surface area contributed by atoms with Gasteiger partial charge in [-0.05, 0) is 23.8 Å². The molecule has 0 radical (unpaired) electrons. The molecule has 0 spiro atoms. The lowest BCUT2D eigenvalue weighted by Gasteiger charge is -2.07. The Hall–Kier alpha value is -2.61. The number of carbonyl (C=O) groups excluding carboxylic acids is 1. The zero-order valence-corrected chi connectivity index (χ0v) is 14.8. The van der Waals surface area contributed by atoms with Crippen LogP contribution in [-0.2, 0) is 6.54 Å². The summed E-state index contributed by atoms with van der Waals surface area (Å²) in [5.41, 5.74) is 0.288. The highest BCUT2D eigenvalue weighted by atomic mass is 35.5. The van der Waals surface area contributed by atoms with Gasteiger partial charge in [-0.25, -0.2) is 9.59 Å². The Morgan fingerprint density at radius 3 is 2.62 bits per heavy atom. The maximum absolute atomic E-state index is 12.4. The van der Waals surface area contributed by atoms with Crippen molar-refractivity contribution in [1.29, 1.82) is 0 Å². The molecule has 0 aliphatic rings. The molecule has 1 atom stereocenters. The summed E-state index contributed by atoms with van der Waals surface area (Å²) >= 11 is 11.8. The van der Waals surface area contributed by atoms with Gasteiger partial charge in [-0.3, -0.25) is 4.52 Å². The van der Waals surface area contributed by atoms with Crippen LogP contribution in [0.4, 0.5) is 10.5 Å². The molecule has 1 aromatic heterocycles. The zero-order chi connectivity index (χ0) is 18.7. The quantitative estimate of drug-likeness (QED) is 0.665. The number of benzene rings is 2. The van der Waals surface area contributed by atoms with E-state index in [2.05, 4.69) is 5.32 Å². The van der Waals surface area contributed by atoms with Crippen LogP contribution in [-0.4, -0.2) is 16.0 Å². The molecular formula is C17H14Cl2N3O4+. The fourth-order valence-electron chi connectivity index (χ4n) is 2.32. The van der Waals surface area contributed by atoms with Crippen molar-refractivity contribution in [2.24, 2.45) is 0 Å². The second-order valence-electron chi connectivity index (χ2n) is 5.42. The van der Waals surface area contributed by atoms with Crippen LogP contribution in [0, 0.1) is 0 Å². The molecule has 1 amide bonds. The van der Waals surface area contributed by atoms with Crippen molar-refractivity contribution in [3.8, 4) is 0 Å². The van der Waals surface area contributed by atoms with Gasteiger partial charge in [0.1, 0.15) is 6.10 Å². The monoisotopic (exact) mass is 394 g/mol. The lowest BCUT2D eigenvalue weighted by atomic mass is 10.1. The van der Waals surface area contributed by atoms with Crippen LogP contribution in [0.1, 0.15) is 11.7 Å². The Morgan fingerprint density at radius 1 is 1.19 bits per heavy atom. The molecule has 0 aliphatic carbocycles. The molecular weight excluding hydrogens is 381 g/mol. The van der Waals surface area contributed by atoms with E-state index in [9.17, 15) is 14.7 Å². The maximum Gasteiger partial charge on any atom is 0.427 e. The number of hydrogen-bond donors (Lipinski definition) is 2. The minimum atomic E-state index is -0.928. The fourth-order valence-corrected chi connectivity index (χ4v) is 2.62. The van der Waals surface area contributed by atoms with Gasteiger partial charge >= 0.3 is 11.7 Å². The van der Waals surface area contributed by atoms with Gasteiger partial charge in [-0.15, -0.1) is 0 Å². The summed E-state index contributed by atoms with van der Waals surface area (Å²) in [5.74, 6) is 0. The molecule has 1 unspecified atom stereocenters. The third-order valence-electron chi connectivity index (χ3n) is 3.55. The van der Waals surface area contributed by atoms with Gasteiger partial charge < -0.3 is 10.4 Å². The Morgan fingerprint density at radius 2 is 1.92 bits per heavy atom. The van der Waals surface area contributed by atoms with E-state index >= 15 is 0 Å². The van der Waals surface area contributed by atoms with Gasteiger partial charge in [0.05, 0.1) is 14.9 Å². The second-order valence-corrected chi connectivity index (χ2v) is 6.23. The van der Waals surface area contributed by atoms with Crippen LogP contribution >= 0.6 is 23.2 Å². The van der Waals surface area contributed by atoms with Crippen molar-refractivity contribution in [2.45, 2.75) is 12.6 Å². The fraction of sp³-hybridized carbons (Fsp3) is 0.118. The first-order chi connectivity index (χ1) is 12.4.